The second-order valence-corrected chi connectivity index (χ2v) is 8.43. The molecule has 1 aliphatic rings. The lowest BCUT2D eigenvalue weighted by atomic mass is 10.1. The van der Waals surface area contributed by atoms with Gasteiger partial charge in [0.2, 0.25) is 0 Å². The normalized spacial score (nSPS) is 15.7. The molecular formula is C24H27N3O4S. The number of ether oxygens (including phenoxy) is 1. The molecule has 1 aliphatic heterocycles. The van der Waals surface area contributed by atoms with Gasteiger partial charge in [-0.3, -0.25) is 14.5 Å². The fraction of sp³-hybridized carbons (Fsp3) is 0.292. The molecule has 0 aromatic heterocycles. The smallest absolute Gasteiger partial charge is 0.315 e. The lowest BCUT2D eigenvalue weighted by Gasteiger charge is -2.16. The summed E-state index contributed by atoms with van der Waals surface area (Å²) >= 11 is 0.900. The molecule has 0 spiro atoms. The molecule has 7 nitrogen and oxygen atoms in total. The molecule has 4 amide bonds. The number of carbonyl (C=O) groups excluding carboxylic acids is 3. The van der Waals surface area contributed by atoms with Crippen LogP contribution in [-0.2, 0) is 11.2 Å². The molecule has 2 aromatic rings. The van der Waals surface area contributed by atoms with Gasteiger partial charge in [-0.15, -0.1) is 0 Å². The molecule has 0 radical (unpaired) electrons. The van der Waals surface area contributed by atoms with E-state index in [9.17, 15) is 14.4 Å². The van der Waals surface area contributed by atoms with E-state index in [2.05, 4.69) is 22.8 Å². The van der Waals surface area contributed by atoms with E-state index in [1.807, 2.05) is 37.3 Å². The fourth-order valence-electron chi connectivity index (χ4n) is 3.20. The minimum Gasteiger partial charge on any atom is -0.497 e. The number of nitrogens with one attached hydrogen (secondary N) is 2. The van der Waals surface area contributed by atoms with E-state index in [1.54, 1.807) is 25.3 Å². The van der Waals surface area contributed by atoms with Crippen LogP contribution in [0.15, 0.2) is 59.5 Å². The maximum Gasteiger partial charge on any atom is 0.315 e. The average molecular weight is 454 g/mol. The summed E-state index contributed by atoms with van der Waals surface area (Å²) in [4.78, 5) is 38.5. The highest BCUT2D eigenvalue weighted by molar-refractivity contribution is 8.18. The van der Waals surface area contributed by atoms with Crippen molar-refractivity contribution >= 4 is 35.0 Å². The monoisotopic (exact) mass is 453 g/mol. The van der Waals surface area contributed by atoms with E-state index in [4.69, 9.17) is 4.74 Å². The van der Waals surface area contributed by atoms with E-state index in [-0.39, 0.29) is 36.3 Å². The Kier molecular flexibility index (Phi) is 8.33. The first kappa shape index (κ1) is 23.4. The standard InChI is InChI=1S/C24H27N3O4S/c1-17(8-9-18-6-4-3-5-7-18)26-23(29)25-14-15-27-22(28)21(32-24(27)30)16-19-10-12-20(31-2)13-11-19/h3-7,10-13,16-17H,8-9,14-15H2,1-2H3,(H2,25,26,29)/b21-16+. The number of hydrogen-bond donors (Lipinski definition) is 2. The van der Waals surface area contributed by atoms with Crippen molar-refractivity contribution in [3.05, 3.63) is 70.6 Å². The summed E-state index contributed by atoms with van der Waals surface area (Å²) in [6.45, 7) is 2.25. The number of nitrogens with zero attached hydrogens (tertiary/aromatic N) is 1. The van der Waals surface area contributed by atoms with Gasteiger partial charge in [0.05, 0.1) is 12.0 Å². The highest BCUT2D eigenvalue weighted by atomic mass is 32.2. The molecule has 1 saturated heterocycles. The largest absolute Gasteiger partial charge is 0.497 e. The van der Waals surface area contributed by atoms with Crippen LogP contribution in [0.4, 0.5) is 9.59 Å². The number of benzene rings is 2. The number of thioether (sulfide) groups is 1. The van der Waals surface area contributed by atoms with Crippen LogP contribution in [0.5, 0.6) is 5.75 Å². The molecule has 3 rings (SSSR count). The highest BCUT2D eigenvalue weighted by Gasteiger charge is 2.34. The number of hydrogen-bond acceptors (Lipinski definition) is 5. The first-order valence-corrected chi connectivity index (χ1v) is 11.3. The van der Waals surface area contributed by atoms with E-state index in [0.717, 1.165) is 35.1 Å². The lowest BCUT2D eigenvalue weighted by molar-refractivity contribution is -0.122. The Morgan fingerprint density at radius 2 is 1.84 bits per heavy atom. The first-order valence-electron chi connectivity index (χ1n) is 10.4. The van der Waals surface area contributed by atoms with Crippen LogP contribution < -0.4 is 15.4 Å². The molecule has 1 atom stereocenters. The number of methoxy groups -OCH3 is 1. The summed E-state index contributed by atoms with van der Waals surface area (Å²) in [5.41, 5.74) is 2.03. The molecule has 0 aliphatic carbocycles. The van der Waals surface area contributed by atoms with Crippen LogP contribution >= 0.6 is 11.8 Å². The quantitative estimate of drug-likeness (QED) is 0.559. The maximum absolute atomic E-state index is 12.6. The summed E-state index contributed by atoms with van der Waals surface area (Å²) in [6.07, 6.45) is 3.37. The first-order chi connectivity index (χ1) is 15.5. The second kappa shape index (κ2) is 11.4. The summed E-state index contributed by atoms with van der Waals surface area (Å²) < 4.78 is 5.12. The van der Waals surface area contributed by atoms with Crippen molar-refractivity contribution in [2.45, 2.75) is 25.8 Å². The molecule has 2 aromatic carbocycles. The zero-order valence-corrected chi connectivity index (χ0v) is 19.0. The highest BCUT2D eigenvalue weighted by Crippen LogP contribution is 2.32. The van der Waals surface area contributed by atoms with Gasteiger partial charge in [0.25, 0.3) is 11.1 Å². The van der Waals surface area contributed by atoms with Gasteiger partial charge in [0.1, 0.15) is 5.75 Å². The number of urea groups is 1. The predicted molar refractivity (Wildman–Crippen MR) is 126 cm³/mol. The van der Waals surface area contributed by atoms with Crippen molar-refractivity contribution < 1.29 is 19.1 Å². The summed E-state index contributed by atoms with van der Waals surface area (Å²) in [5, 5.41) is 5.26. The molecule has 1 fully saturated rings. The van der Waals surface area contributed by atoms with Crippen LogP contribution in [0.2, 0.25) is 0 Å². The zero-order chi connectivity index (χ0) is 22.9. The van der Waals surface area contributed by atoms with Crippen molar-refractivity contribution in [1.29, 1.82) is 0 Å². The summed E-state index contributed by atoms with van der Waals surface area (Å²) in [7, 11) is 1.58. The van der Waals surface area contributed by atoms with Crippen LogP contribution in [0.3, 0.4) is 0 Å². The van der Waals surface area contributed by atoms with Gasteiger partial charge in [-0.2, -0.15) is 0 Å². The molecule has 0 saturated carbocycles. The Morgan fingerprint density at radius 1 is 1.12 bits per heavy atom. The predicted octanol–water partition coefficient (Wildman–Crippen LogP) is 4.05. The Morgan fingerprint density at radius 3 is 2.53 bits per heavy atom. The van der Waals surface area contributed by atoms with Crippen LogP contribution in [0.25, 0.3) is 6.08 Å². The lowest BCUT2D eigenvalue weighted by Crippen LogP contribution is -2.44. The van der Waals surface area contributed by atoms with Gasteiger partial charge in [-0.25, -0.2) is 4.79 Å². The SMILES string of the molecule is COc1ccc(/C=C2/SC(=O)N(CCNC(=O)NC(C)CCc3ccccc3)C2=O)cc1. The molecule has 0 bridgehead atoms. The third-order valence-corrected chi connectivity index (χ3v) is 5.90. The summed E-state index contributed by atoms with van der Waals surface area (Å²) in [6, 6.07) is 17.0. The third kappa shape index (κ3) is 6.62. The van der Waals surface area contributed by atoms with Crippen molar-refractivity contribution in [2.75, 3.05) is 20.2 Å². The van der Waals surface area contributed by atoms with Crippen molar-refractivity contribution in [1.82, 2.24) is 15.5 Å². The van der Waals surface area contributed by atoms with E-state index in [0.29, 0.717) is 10.7 Å². The summed E-state index contributed by atoms with van der Waals surface area (Å²) in [5.74, 6) is 0.364. The average Bonchev–Trinajstić information content (AvgIpc) is 3.06. The second-order valence-electron chi connectivity index (χ2n) is 7.43. The minimum absolute atomic E-state index is 0.000144. The minimum atomic E-state index is -0.353. The number of rotatable bonds is 9. The molecule has 8 heteroatoms. The Labute approximate surface area is 192 Å². The van der Waals surface area contributed by atoms with E-state index >= 15 is 0 Å². The maximum atomic E-state index is 12.6. The molecular weight excluding hydrogens is 426 g/mol. The van der Waals surface area contributed by atoms with Crippen LogP contribution in [0.1, 0.15) is 24.5 Å². The van der Waals surface area contributed by atoms with Crippen LogP contribution in [-0.4, -0.2) is 48.3 Å². The molecule has 2 N–H and O–H groups in total. The third-order valence-electron chi connectivity index (χ3n) is 4.99. The molecule has 168 valence electrons. The zero-order valence-electron chi connectivity index (χ0n) is 18.2. The van der Waals surface area contributed by atoms with Gasteiger partial charge in [0, 0.05) is 19.1 Å². The molecule has 1 unspecified atom stereocenters. The van der Waals surface area contributed by atoms with Gasteiger partial charge in [-0.1, -0.05) is 42.5 Å². The van der Waals surface area contributed by atoms with Gasteiger partial charge < -0.3 is 15.4 Å². The van der Waals surface area contributed by atoms with Gasteiger partial charge in [0.15, 0.2) is 0 Å². The topological polar surface area (TPSA) is 87.7 Å². The van der Waals surface area contributed by atoms with Crippen LogP contribution in [0, 0.1) is 0 Å². The number of aryl methyl sites for hydroxylation is 1. The Bertz CT molecular complexity index is 976. The Balaban J connectivity index is 1.42. The Hall–Kier alpha value is -3.26. The van der Waals surface area contributed by atoms with E-state index < -0.39 is 0 Å². The van der Waals surface area contributed by atoms with E-state index in [1.165, 1.54) is 5.56 Å². The fourth-order valence-corrected chi connectivity index (χ4v) is 4.07. The van der Waals surface area contributed by atoms with Gasteiger partial charge >= 0.3 is 6.03 Å². The molecule has 1 heterocycles. The number of imide groups is 1. The van der Waals surface area contributed by atoms with Gasteiger partial charge in [-0.05, 0) is 60.9 Å². The number of amides is 4. The van der Waals surface area contributed by atoms with Crippen molar-refractivity contribution in [3.63, 3.8) is 0 Å². The van der Waals surface area contributed by atoms with Crippen molar-refractivity contribution in [3.8, 4) is 5.75 Å². The number of carbonyl (C=O) groups is 3. The molecule has 32 heavy (non-hydrogen) atoms. The van der Waals surface area contributed by atoms with Crippen molar-refractivity contribution in [2.24, 2.45) is 0 Å².